The zero-order chi connectivity index (χ0) is 9.45. The molecule has 0 rings (SSSR count). The molecule has 0 N–H and O–H groups in total. The number of ether oxygens (including phenoxy) is 1. The minimum absolute atomic E-state index is 0.211. The van der Waals surface area contributed by atoms with Crippen molar-refractivity contribution in [2.75, 3.05) is 13.2 Å². The number of hydrogen-bond donors (Lipinski definition) is 0. The van der Waals surface area contributed by atoms with Crippen LogP contribution in [0.3, 0.4) is 0 Å². The van der Waals surface area contributed by atoms with Gasteiger partial charge in [0.05, 0.1) is 21.4 Å². The summed E-state index contributed by atoms with van der Waals surface area (Å²) in [7, 11) is 1.36. The van der Waals surface area contributed by atoms with Crippen LogP contribution in [0.25, 0.3) is 0 Å². The van der Waals surface area contributed by atoms with E-state index in [4.69, 9.17) is 8.92 Å². The smallest absolute Gasteiger partial charge is 0.0803 e. The van der Waals surface area contributed by atoms with Crippen molar-refractivity contribution in [3.8, 4) is 0 Å². The minimum Gasteiger partial charge on any atom is -0.371 e. The predicted molar refractivity (Wildman–Crippen MR) is 62.4 cm³/mol. The van der Waals surface area contributed by atoms with Crippen molar-refractivity contribution in [2.24, 2.45) is 0 Å². The summed E-state index contributed by atoms with van der Waals surface area (Å²) >= 11 is 2.10. The van der Waals surface area contributed by atoms with Crippen LogP contribution < -0.4 is 0 Å². The number of rotatable bonds is 7. The Kier molecular flexibility index (Phi) is 7.62. The standard InChI is InChI=1S/C8H15IO2S/c1-4-8(2,3)10-6-5-7-11-12-9/h4H,1,5-7H2,2-3H3. The summed E-state index contributed by atoms with van der Waals surface area (Å²) in [6.07, 6.45) is 2.73. The fourth-order valence-electron chi connectivity index (χ4n) is 0.543. The number of hydrogen-bond acceptors (Lipinski definition) is 3. The predicted octanol–water partition coefficient (Wildman–Crippen LogP) is 3.37. The largest absolute Gasteiger partial charge is 0.371 e. The first kappa shape index (κ1) is 12.7. The summed E-state index contributed by atoms with van der Waals surface area (Å²) in [5, 5.41) is 0. The maximum absolute atomic E-state index is 5.52. The molecular weight excluding hydrogens is 287 g/mol. The summed E-state index contributed by atoms with van der Waals surface area (Å²) in [5.41, 5.74) is -0.211. The highest BCUT2D eigenvalue weighted by Gasteiger charge is 2.11. The van der Waals surface area contributed by atoms with Crippen molar-refractivity contribution in [1.82, 2.24) is 0 Å². The zero-order valence-electron chi connectivity index (χ0n) is 7.51. The Labute approximate surface area is 90.9 Å². The lowest BCUT2D eigenvalue weighted by molar-refractivity contribution is 0.0149. The van der Waals surface area contributed by atoms with Crippen LogP contribution in [0.4, 0.5) is 0 Å². The molecule has 0 amide bonds. The molecule has 0 aromatic rings. The van der Waals surface area contributed by atoms with E-state index in [0.29, 0.717) is 0 Å². The van der Waals surface area contributed by atoms with E-state index in [1.165, 1.54) is 9.21 Å². The average molecular weight is 302 g/mol. The minimum atomic E-state index is -0.211. The summed E-state index contributed by atoms with van der Waals surface area (Å²) in [4.78, 5) is 0. The Bertz CT molecular complexity index is 128. The molecule has 4 heteroatoms. The first-order valence-electron chi connectivity index (χ1n) is 3.80. The maximum atomic E-state index is 5.52. The van der Waals surface area contributed by atoms with E-state index in [0.717, 1.165) is 19.6 Å². The van der Waals surface area contributed by atoms with Crippen LogP contribution in [0.5, 0.6) is 0 Å². The molecule has 0 atom stereocenters. The molecule has 0 unspecified atom stereocenters. The van der Waals surface area contributed by atoms with Crippen molar-refractivity contribution in [3.05, 3.63) is 12.7 Å². The summed E-state index contributed by atoms with van der Waals surface area (Å²) < 4.78 is 10.6. The Balaban J connectivity index is 3.25. The monoisotopic (exact) mass is 302 g/mol. The van der Waals surface area contributed by atoms with Crippen LogP contribution in [-0.4, -0.2) is 18.8 Å². The van der Waals surface area contributed by atoms with Gasteiger partial charge < -0.3 is 8.92 Å². The molecule has 0 radical (unpaired) electrons. The third-order valence-corrected chi connectivity index (χ3v) is 2.40. The molecule has 0 fully saturated rings. The number of halogens is 1. The van der Waals surface area contributed by atoms with Gasteiger partial charge in [-0.05, 0) is 20.3 Å². The van der Waals surface area contributed by atoms with Crippen LogP contribution in [0.1, 0.15) is 20.3 Å². The molecule has 2 nitrogen and oxygen atoms in total. The Morgan fingerprint density at radius 2 is 2.17 bits per heavy atom. The summed E-state index contributed by atoms with van der Waals surface area (Å²) in [6, 6.07) is 0. The van der Waals surface area contributed by atoms with Crippen molar-refractivity contribution >= 4 is 30.4 Å². The average Bonchev–Trinajstić information content (AvgIpc) is 2.04. The normalized spacial score (nSPS) is 11.6. The van der Waals surface area contributed by atoms with Gasteiger partial charge in [0.1, 0.15) is 0 Å². The molecule has 0 aromatic carbocycles. The molecule has 0 aliphatic rings. The topological polar surface area (TPSA) is 18.5 Å². The third kappa shape index (κ3) is 7.39. The molecule has 0 aliphatic carbocycles. The fraction of sp³-hybridized carbons (Fsp3) is 0.750. The second kappa shape index (κ2) is 7.17. The van der Waals surface area contributed by atoms with Crippen molar-refractivity contribution in [3.63, 3.8) is 0 Å². The third-order valence-electron chi connectivity index (χ3n) is 1.38. The second-order valence-corrected chi connectivity index (χ2v) is 4.33. The molecule has 0 heterocycles. The van der Waals surface area contributed by atoms with Crippen LogP contribution in [-0.2, 0) is 8.92 Å². The SMILES string of the molecule is C=CC(C)(C)OCCCOSI. The lowest BCUT2D eigenvalue weighted by atomic mass is 10.1. The van der Waals surface area contributed by atoms with E-state index >= 15 is 0 Å². The van der Waals surface area contributed by atoms with E-state index in [2.05, 4.69) is 27.8 Å². The van der Waals surface area contributed by atoms with Crippen LogP contribution >= 0.6 is 30.4 Å². The molecule has 0 saturated carbocycles. The first-order valence-corrected chi connectivity index (χ1v) is 7.08. The molecule has 0 saturated heterocycles. The highest BCUT2D eigenvalue weighted by atomic mass is 127. The van der Waals surface area contributed by atoms with E-state index in [1.54, 1.807) is 6.08 Å². The van der Waals surface area contributed by atoms with Gasteiger partial charge in [0.25, 0.3) is 0 Å². The van der Waals surface area contributed by atoms with Gasteiger partial charge >= 0.3 is 0 Å². The molecule has 0 bridgehead atoms. The van der Waals surface area contributed by atoms with E-state index in [1.807, 2.05) is 13.8 Å². The quantitative estimate of drug-likeness (QED) is 0.311. The van der Waals surface area contributed by atoms with Crippen molar-refractivity contribution in [2.45, 2.75) is 25.9 Å². The highest BCUT2D eigenvalue weighted by molar-refractivity contribution is 14.2. The molecular formula is C8H15IO2S. The molecule has 0 aromatic heterocycles. The van der Waals surface area contributed by atoms with Crippen LogP contribution in [0.15, 0.2) is 12.7 Å². The van der Waals surface area contributed by atoms with Gasteiger partial charge in [0.15, 0.2) is 0 Å². The van der Waals surface area contributed by atoms with E-state index in [-0.39, 0.29) is 5.60 Å². The van der Waals surface area contributed by atoms with Crippen LogP contribution in [0.2, 0.25) is 0 Å². The zero-order valence-corrected chi connectivity index (χ0v) is 10.5. The van der Waals surface area contributed by atoms with E-state index in [9.17, 15) is 0 Å². The maximum Gasteiger partial charge on any atom is 0.0803 e. The lowest BCUT2D eigenvalue weighted by Gasteiger charge is -2.20. The van der Waals surface area contributed by atoms with Gasteiger partial charge in [-0.2, -0.15) is 0 Å². The Morgan fingerprint density at radius 1 is 1.50 bits per heavy atom. The van der Waals surface area contributed by atoms with Gasteiger partial charge in [-0.3, -0.25) is 0 Å². The molecule has 72 valence electrons. The summed E-state index contributed by atoms with van der Waals surface area (Å²) in [5.74, 6) is 0. The molecule has 0 aliphatic heterocycles. The first-order chi connectivity index (χ1) is 5.62. The second-order valence-electron chi connectivity index (χ2n) is 2.89. The summed E-state index contributed by atoms with van der Waals surface area (Å²) in [6.45, 7) is 9.13. The van der Waals surface area contributed by atoms with Gasteiger partial charge in [-0.1, -0.05) is 6.08 Å². The Hall–Kier alpha value is 0.740. The molecule has 0 spiro atoms. The van der Waals surface area contributed by atoms with Gasteiger partial charge in [-0.25, -0.2) is 0 Å². The highest BCUT2D eigenvalue weighted by Crippen LogP contribution is 2.13. The van der Waals surface area contributed by atoms with Gasteiger partial charge in [-0.15, -0.1) is 6.58 Å². The van der Waals surface area contributed by atoms with E-state index < -0.39 is 0 Å². The van der Waals surface area contributed by atoms with Gasteiger partial charge in [0, 0.05) is 27.8 Å². The van der Waals surface area contributed by atoms with Crippen molar-refractivity contribution < 1.29 is 8.92 Å². The fourth-order valence-corrected chi connectivity index (χ4v) is 1.26. The lowest BCUT2D eigenvalue weighted by Crippen LogP contribution is -2.21. The Morgan fingerprint density at radius 3 is 2.67 bits per heavy atom. The van der Waals surface area contributed by atoms with Crippen LogP contribution in [0, 0.1) is 0 Å². The van der Waals surface area contributed by atoms with Crippen molar-refractivity contribution in [1.29, 1.82) is 0 Å². The van der Waals surface area contributed by atoms with Gasteiger partial charge in [0.2, 0.25) is 0 Å². The molecule has 12 heavy (non-hydrogen) atoms.